The first kappa shape index (κ1) is 17.3. The molecule has 0 saturated heterocycles. The summed E-state index contributed by atoms with van der Waals surface area (Å²) in [5.41, 5.74) is 1.54. The van der Waals surface area contributed by atoms with Gasteiger partial charge in [0.25, 0.3) is 15.9 Å². The lowest BCUT2D eigenvalue weighted by Crippen LogP contribution is -2.11. The molecule has 0 N–H and O–H groups in total. The zero-order valence-electron chi connectivity index (χ0n) is 14.8. The van der Waals surface area contributed by atoms with Crippen molar-refractivity contribution < 1.29 is 17.6 Å². The third-order valence-electron chi connectivity index (χ3n) is 4.15. The number of rotatable bonds is 5. The van der Waals surface area contributed by atoms with Gasteiger partial charge in [0.2, 0.25) is 5.89 Å². The highest BCUT2D eigenvalue weighted by Gasteiger charge is 2.20. The Hall–Kier alpha value is -3.13. The van der Waals surface area contributed by atoms with Crippen molar-refractivity contribution in [2.75, 3.05) is 0 Å². The molecule has 0 aliphatic rings. The van der Waals surface area contributed by atoms with Gasteiger partial charge < -0.3 is 9.15 Å². The van der Waals surface area contributed by atoms with Crippen LogP contribution in [0.5, 0.6) is 5.75 Å². The summed E-state index contributed by atoms with van der Waals surface area (Å²) in [6.07, 6.45) is 1.53. The van der Waals surface area contributed by atoms with E-state index in [0.717, 1.165) is 5.56 Å². The van der Waals surface area contributed by atoms with Gasteiger partial charge in [0.1, 0.15) is 5.75 Å². The molecule has 8 heteroatoms. The number of aryl methyl sites for hydroxylation is 2. The Morgan fingerprint density at radius 2 is 1.81 bits per heavy atom. The van der Waals surface area contributed by atoms with Gasteiger partial charge >= 0.3 is 0 Å². The van der Waals surface area contributed by atoms with Crippen molar-refractivity contribution in [1.29, 1.82) is 0 Å². The first-order chi connectivity index (χ1) is 12.9. The average Bonchev–Trinajstić information content (AvgIpc) is 3.27. The average molecular weight is 383 g/mol. The zero-order valence-corrected chi connectivity index (χ0v) is 15.6. The Labute approximate surface area is 156 Å². The van der Waals surface area contributed by atoms with E-state index in [1.54, 1.807) is 55.5 Å². The summed E-state index contributed by atoms with van der Waals surface area (Å²) in [6, 6.07) is 13.7. The van der Waals surface area contributed by atoms with Gasteiger partial charge in [0.05, 0.1) is 10.4 Å². The second-order valence-electron chi connectivity index (χ2n) is 6.12. The monoisotopic (exact) mass is 383 g/mol. The highest BCUT2D eigenvalue weighted by molar-refractivity contribution is 7.90. The van der Waals surface area contributed by atoms with Gasteiger partial charge in [-0.05, 0) is 37.3 Å². The molecule has 0 spiro atoms. The van der Waals surface area contributed by atoms with Gasteiger partial charge in [0.15, 0.2) is 6.61 Å². The van der Waals surface area contributed by atoms with Crippen LogP contribution < -0.4 is 4.74 Å². The molecular weight excluding hydrogens is 366 g/mol. The van der Waals surface area contributed by atoms with Crippen LogP contribution in [0.25, 0.3) is 10.9 Å². The lowest BCUT2D eigenvalue weighted by molar-refractivity contribution is 0.263. The third-order valence-corrected chi connectivity index (χ3v) is 5.86. The van der Waals surface area contributed by atoms with Crippen LogP contribution >= 0.6 is 0 Å². The smallest absolute Gasteiger partial charge is 0.268 e. The van der Waals surface area contributed by atoms with Crippen molar-refractivity contribution in [3.05, 3.63) is 72.1 Å². The third kappa shape index (κ3) is 3.19. The molecule has 0 atom stereocenters. The highest BCUT2D eigenvalue weighted by Crippen LogP contribution is 2.29. The van der Waals surface area contributed by atoms with E-state index in [1.165, 1.54) is 10.2 Å². The lowest BCUT2D eigenvalue weighted by atomic mass is 10.2. The molecule has 4 aromatic rings. The predicted octanol–water partition coefficient (Wildman–Crippen LogP) is 3.46. The Kier molecular flexibility index (Phi) is 4.19. The number of benzene rings is 2. The fourth-order valence-electron chi connectivity index (χ4n) is 2.81. The van der Waals surface area contributed by atoms with Gasteiger partial charge in [-0.15, -0.1) is 10.2 Å². The summed E-state index contributed by atoms with van der Waals surface area (Å²) < 4.78 is 38.3. The van der Waals surface area contributed by atoms with E-state index in [-0.39, 0.29) is 11.5 Å². The van der Waals surface area contributed by atoms with Gasteiger partial charge in [0, 0.05) is 18.5 Å². The quantitative estimate of drug-likeness (QED) is 0.524. The fraction of sp³-hybridized carbons (Fsp3) is 0.158. The number of ether oxygens (including phenoxy) is 1. The molecule has 2 aromatic heterocycles. The van der Waals surface area contributed by atoms with E-state index < -0.39 is 10.0 Å². The summed E-state index contributed by atoms with van der Waals surface area (Å²) in [6.45, 7) is 3.72. The van der Waals surface area contributed by atoms with Crippen molar-refractivity contribution in [2.45, 2.75) is 25.3 Å². The molecule has 0 saturated carbocycles. The van der Waals surface area contributed by atoms with Crippen LogP contribution in [0.4, 0.5) is 0 Å². The number of hydrogen-bond acceptors (Lipinski definition) is 6. The van der Waals surface area contributed by atoms with E-state index in [4.69, 9.17) is 9.15 Å². The fourth-order valence-corrected chi connectivity index (χ4v) is 4.16. The molecule has 0 unspecified atom stereocenters. The highest BCUT2D eigenvalue weighted by atomic mass is 32.2. The summed E-state index contributed by atoms with van der Waals surface area (Å²) in [5, 5.41) is 8.33. The first-order valence-electron chi connectivity index (χ1n) is 8.29. The minimum atomic E-state index is -3.70. The van der Waals surface area contributed by atoms with Crippen molar-refractivity contribution >= 4 is 20.9 Å². The number of fused-ring (bicyclic) bond motifs is 1. The van der Waals surface area contributed by atoms with Crippen LogP contribution in [0.15, 0.2) is 64.0 Å². The van der Waals surface area contributed by atoms with E-state index in [2.05, 4.69) is 10.2 Å². The molecular formula is C19H17N3O4S. The summed E-state index contributed by atoms with van der Waals surface area (Å²) >= 11 is 0. The minimum absolute atomic E-state index is 0.107. The molecule has 4 rings (SSSR count). The van der Waals surface area contributed by atoms with Gasteiger partial charge in [-0.1, -0.05) is 23.8 Å². The Bertz CT molecular complexity index is 1210. The molecule has 2 aromatic carbocycles. The molecule has 7 nitrogen and oxygen atoms in total. The predicted molar refractivity (Wildman–Crippen MR) is 99.1 cm³/mol. The molecule has 27 heavy (non-hydrogen) atoms. The number of hydrogen-bond donors (Lipinski definition) is 0. The molecule has 0 bridgehead atoms. The zero-order chi connectivity index (χ0) is 19.0. The Morgan fingerprint density at radius 3 is 2.52 bits per heavy atom. The maximum atomic E-state index is 13.0. The lowest BCUT2D eigenvalue weighted by Gasteiger charge is -2.09. The molecule has 0 radical (unpaired) electrons. The molecule has 0 amide bonds. The van der Waals surface area contributed by atoms with Crippen LogP contribution in [0.1, 0.15) is 17.3 Å². The molecule has 2 heterocycles. The standard InChI is InChI=1S/C19H17N3O4S/c1-13-6-8-15(9-7-13)27(23,24)22-11-10-16-17(22)4-3-5-18(16)25-12-19-21-20-14(2)26-19/h3-11H,12H2,1-2H3. The normalized spacial score (nSPS) is 11.8. The van der Waals surface area contributed by atoms with Crippen molar-refractivity contribution in [2.24, 2.45) is 0 Å². The van der Waals surface area contributed by atoms with Crippen LogP contribution in [0, 0.1) is 13.8 Å². The summed E-state index contributed by atoms with van der Waals surface area (Å²) in [5.74, 6) is 1.36. The van der Waals surface area contributed by atoms with E-state index >= 15 is 0 Å². The van der Waals surface area contributed by atoms with E-state index in [1.807, 2.05) is 6.92 Å². The molecule has 0 aliphatic carbocycles. The van der Waals surface area contributed by atoms with Gasteiger partial charge in [-0.25, -0.2) is 12.4 Å². The SMILES string of the molecule is Cc1ccc(S(=O)(=O)n2ccc3c(OCc4nnc(C)o4)cccc32)cc1. The van der Waals surface area contributed by atoms with Gasteiger partial charge in [-0.2, -0.15) is 0 Å². The van der Waals surface area contributed by atoms with Gasteiger partial charge in [-0.3, -0.25) is 0 Å². The maximum absolute atomic E-state index is 13.0. The van der Waals surface area contributed by atoms with Crippen molar-refractivity contribution in [3.63, 3.8) is 0 Å². The number of aromatic nitrogens is 3. The van der Waals surface area contributed by atoms with Crippen LogP contribution in [-0.2, 0) is 16.6 Å². The minimum Gasteiger partial charge on any atom is -0.483 e. The Balaban J connectivity index is 1.70. The summed E-state index contributed by atoms with van der Waals surface area (Å²) in [7, 11) is -3.70. The molecule has 0 fully saturated rings. The van der Waals surface area contributed by atoms with Crippen LogP contribution in [0.2, 0.25) is 0 Å². The topological polar surface area (TPSA) is 87.2 Å². The maximum Gasteiger partial charge on any atom is 0.268 e. The van der Waals surface area contributed by atoms with Crippen molar-refractivity contribution in [3.8, 4) is 5.75 Å². The summed E-state index contributed by atoms with van der Waals surface area (Å²) in [4.78, 5) is 0.234. The van der Waals surface area contributed by atoms with Crippen molar-refractivity contribution in [1.82, 2.24) is 14.2 Å². The second kappa shape index (κ2) is 6.55. The first-order valence-corrected chi connectivity index (χ1v) is 9.73. The molecule has 138 valence electrons. The van der Waals surface area contributed by atoms with E-state index in [0.29, 0.717) is 28.4 Å². The largest absolute Gasteiger partial charge is 0.483 e. The Morgan fingerprint density at radius 1 is 1.04 bits per heavy atom. The van der Waals surface area contributed by atoms with Crippen LogP contribution in [0.3, 0.4) is 0 Å². The second-order valence-corrected chi connectivity index (χ2v) is 7.94. The van der Waals surface area contributed by atoms with E-state index in [9.17, 15) is 8.42 Å². The molecule has 0 aliphatic heterocycles. The number of nitrogens with zero attached hydrogens (tertiary/aromatic N) is 3. The van der Waals surface area contributed by atoms with Crippen LogP contribution in [-0.4, -0.2) is 22.6 Å².